The van der Waals surface area contributed by atoms with Crippen LogP contribution < -0.4 is 5.73 Å². The third-order valence-electron chi connectivity index (χ3n) is 2.60. The van der Waals surface area contributed by atoms with E-state index in [9.17, 15) is 4.79 Å². The highest BCUT2D eigenvalue weighted by molar-refractivity contribution is 5.88. The summed E-state index contributed by atoms with van der Waals surface area (Å²) in [6, 6.07) is 3.58. The van der Waals surface area contributed by atoms with Crippen molar-refractivity contribution < 1.29 is 9.53 Å². The van der Waals surface area contributed by atoms with E-state index in [4.69, 9.17) is 10.5 Å². The maximum Gasteiger partial charge on any atom is 0.341 e. The van der Waals surface area contributed by atoms with Gasteiger partial charge < -0.3 is 10.5 Å². The molecule has 6 heteroatoms. The summed E-state index contributed by atoms with van der Waals surface area (Å²) in [7, 11) is 0. The Kier molecular flexibility index (Phi) is 3.91. The van der Waals surface area contributed by atoms with Crippen molar-refractivity contribution >= 4 is 5.97 Å². The standard InChI is InChI=1S/C13H16N4O2/c1-3-19-13(18)10-6-16-17(8-10)11-4-5-12(9(2)14)15-7-11/h4-9H,3,14H2,1-2H3/t9-/m0/s1. The maximum absolute atomic E-state index is 11.5. The van der Waals surface area contributed by atoms with Gasteiger partial charge in [0, 0.05) is 12.2 Å². The van der Waals surface area contributed by atoms with Gasteiger partial charge in [-0.15, -0.1) is 0 Å². The van der Waals surface area contributed by atoms with Crippen molar-refractivity contribution in [1.82, 2.24) is 14.8 Å². The lowest BCUT2D eigenvalue weighted by molar-refractivity contribution is 0.0526. The van der Waals surface area contributed by atoms with Gasteiger partial charge in [0.15, 0.2) is 0 Å². The molecule has 0 saturated carbocycles. The van der Waals surface area contributed by atoms with E-state index in [2.05, 4.69) is 10.1 Å². The van der Waals surface area contributed by atoms with Crippen molar-refractivity contribution in [2.24, 2.45) is 5.73 Å². The van der Waals surface area contributed by atoms with Gasteiger partial charge in [0.2, 0.25) is 0 Å². The number of carbonyl (C=O) groups is 1. The molecule has 6 nitrogen and oxygen atoms in total. The van der Waals surface area contributed by atoms with E-state index in [1.54, 1.807) is 24.0 Å². The molecule has 1 atom stereocenters. The highest BCUT2D eigenvalue weighted by Crippen LogP contribution is 2.11. The van der Waals surface area contributed by atoms with Crippen molar-refractivity contribution in [2.75, 3.05) is 6.61 Å². The summed E-state index contributed by atoms with van der Waals surface area (Å²) in [6.07, 6.45) is 4.75. The van der Waals surface area contributed by atoms with Crippen LogP contribution in [-0.2, 0) is 4.74 Å². The van der Waals surface area contributed by atoms with Crippen LogP contribution in [0.15, 0.2) is 30.7 Å². The van der Waals surface area contributed by atoms with Crippen LogP contribution in [0.3, 0.4) is 0 Å². The third-order valence-corrected chi connectivity index (χ3v) is 2.60. The molecule has 0 amide bonds. The number of nitrogens with two attached hydrogens (primary N) is 1. The molecule has 100 valence electrons. The number of aromatic nitrogens is 3. The van der Waals surface area contributed by atoms with Gasteiger partial charge in [0.25, 0.3) is 0 Å². The molecule has 0 aromatic carbocycles. The smallest absolute Gasteiger partial charge is 0.341 e. The first-order chi connectivity index (χ1) is 9.11. The number of rotatable bonds is 4. The van der Waals surface area contributed by atoms with Crippen molar-refractivity contribution in [3.05, 3.63) is 42.0 Å². The van der Waals surface area contributed by atoms with E-state index in [1.165, 1.54) is 6.20 Å². The molecule has 2 aromatic rings. The first kappa shape index (κ1) is 13.2. The fraction of sp³-hybridized carbons (Fsp3) is 0.308. The molecular weight excluding hydrogens is 244 g/mol. The summed E-state index contributed by atoms with van der Waals surface area (Å²) >= 11 is 0. The van der Waals surface area contributed by atoms with Gasteiger partial charge in [0.05, 0.1) is 35.9 Å². The molecule has 0 aliphatic rings. The van der Waals surface area contributed by atoms with Gasteiger partial charge in [0.1, 0.15) is 0 Å². The number of nitrogens with zero attached hydrogens (tertiary/aromatic N) is 3. The number of carbonyl (C=O) groups excluding carboxylic acids is 1. The number of hydrogen-bond acceptors (Lipinski definition) is 5. The monoisotopic (exact) mass is 260 g/mol. The molecule has 0 aliphatic carbocycles. The summed E-state index contributed by atoms with van der Waals surface area (Å²) in [5, 5.41) is 4.11. The van der Waals surface area contributed by atoms with Crippen LogP contribution in [0.2, 0.25) is 0 Å². The second-order valence-electron chi connectivity index (χ2n) is 4.12. The third kappa shape index (κ3) is 2.97. The molecule has 2 rings (SSSR count). The predicted molar refractivity (Wildman–Crippen MR) is 69.9 cm³/mol. The van der Waals surface area contributed by atoms with Gasteiger partial charge in [-0.25, -0.2) is 9.48 Å². The fourth-order valence-electron chi connectivity index (χ4n) is 1.59. The molecule has 0 saturated heterocycles. The van der Waals surface area contributed by atoms with Crippen LogP contribution in [0, 0.1) is 0 Å². The van der Waals surface area contributed by atoms with Gasteiger partial charge in [-0.3, -0.25) is 4.98 Å². The summed E-state index contributed by atoms with van der Waals surface area (Å²) in [4.78, 5) is 15.8. The molecule has 2 N–H and O–H groups in total. The quantitative estimate of drug-likeness (QED) is 0.841. The molecule has 0 radical (unpaired) electrons. The molecular formula is C13H16N4O2. The molecule has 19 heavy (non-hydrogen) atoms. The molecule has 2 heterocycles. The number of ether oxygens (including phenoxy) is 1. The van der Waals surface area contributed by atoms with Crippen molar-refractivity contribution in [3.8, 4) is 5.69 Å². The fourth-order valence-corrected chi connectivity index (χ4v) is 1.59. The van der Waals surface area contributed by atoms with Crippen molar-refractivity contribution in [3.63, 3.8) is 0 Å². The molecule has 0 spiro atoms. The Morgan fingerprint density at radius 1 is 1.47 bits per heavy atom. The number of esters is 1. The van der Waals surface area contributed by atoms with E-state index in [0.29, 0.717) is 12.2 Å². The predicted octanol–water partition coefficient (Wildman–Crippen LogP) is 1.46. The van der Waals surface area contributed by atoms with E-state index >= 15 is 0 Å². The first-order valence-corrected chi connectivity index (χ1v) is 6.05. The molecule has 0 bridgehead atoms. The average molecular weight is 260 g/mol. The Bertz CT molecular complexity index is 560. The van der Waals surface area contributed by atoms with E-state index in [1.807, 2.05) is 19.1 Å². The number of hydrogen-bond donors (Lipinski definition) is 1. The zero-order chi connectivity index (χ0) is 13.8. The minimum atomic E-state index is -0.381. The lowest BCUT2D eigenvalue weighted by Gasteiger charge is -2.05. The van der Waals surface area contributed by atoms with Crippen LogP contribution in [-0.4, -0.2) is 27.3 Å². The minimum absolute atomic E-state index is 0.109. The van der Waals surface area contributed by atoms with Crippen molar-refractivity contribution in [2.45, 2.75) is 19.9 Å². The Morgan fingerprint density at radius 2 is 2.26 bits per heavy atom. The Morgan fingerprint density at radius 3 is 2.84 bits per heavy atom. The van der Waals surface area contributed by atoms with E-state index < -0.39 is 0 Å². The summed E-state index contributed by atoms with van der Waals surface area (Å²) in [5.74, 6) is -0.381. The Labute approximate surface area is 111 Å². The van der Waals surface area contributed by atoms with Gasteiger partial charge in [-0.1, -0.05) is 0 Å². The second-order valence-corrected chi connectivity index (χ2v) is 4.12. The van der Waals surface area contributed by atoms with Crippen LogP contribution in [0.1, 0.15) is 35.9 Å². The van der Waals surface area contributed by atoms with Gasteiger partial charge >= 0.3 is 5.97 Å². The van der Waals surface area contributed by atoms with Crippen LogP contribution >= 0.6 is 0 Å². The molecule has 0 unspecified atom stereocenters. The molecule has 0 fully saturated rings. The summed E-state index contributed by atoms with van der Waals surface area (Å²) in [6.45, 7) is 3.97. The Balaban J connectivity index is 2.20. The van der Waals surface area contributed by atoms with Crippen molar-refractivity contribution in [1.29, 1.82) is 0 Å². The topological polar surface area (TPSA) is 83.0 Å². The SMILES string of the molecule is CCOC(=O)c1cnn(-c2ccc([C@H](C)N)nc2)c1. The summed E-state index contributed by atoms with van der Waals surface area (Å²) in [5.41, 5.74) is 7.72. The number of pyridine rings is 1. The van der Waals surface area contributed by atoms with Gasteiger partial charge in [-0.2, -0.15) is 5.10 Å². The lowest BCUT2D eigenvalue weighted by Crippen LogP contribution is -2.07. The van der Waals surface area contributed by atoms with Gasteiger partial charge in [-0.05, 0) is 26.0 Å². The lowest BCUT2D eigenvalue weighted by atomic mass is 10.2. The zero-order valence-corrected chi connectivity index (χ0v) is 10.9. The van der Waals surface area contributed by atoms with Crippen LogP contribution in [0.4, 0.5) is 0 Å². The minimum Gasteiger partial charge on any atom is -0.462 e. The van der Waals surface area contributed by atoms with Crippen LogP contribution in [0.5, 0.6) is 0 Å². The largest absolute Gasteiger partial charge is 0.462 e. The average Bonchev–Trinajstić information content (AvgIpc) is 2.89. The highest BCUT2D eigenvalue weighted by atomic mass is 16.5. The Hall–Kier alpha value is -2.21. The first-order valence-electron chi connectivity index (χ1n) is 6.05. The molecule has 0 aliphatic heterocycles. The zero-order valence-electron chi connectivity index (χ0n) is 10.9. The maximum atomic E-state index is 11.5. The normalized spacial score (nSPS) is 12.2. The van der Waals surface area contributed by atoms with Crippen LogP contribution in [0.25, 0.3) is 5.69 Å². The van der Waals surface area contributed by atoms with E-state index in [-0.39, 0.29) is 12.0 Å². The highest BCUT2D eigenvalue weighted by Gasteiger charge is 2.10. The molecule has 2 aromatic heterocycles. The second kappa shape index (κ2) is 5.62. The van der Waals surface area contributed by atoms with E-state index in [0.717, 1.165) is 11.4 Å². The summed E-state index contributed by atoms with van der Waals surface area (Å²) < 4.78 is 6.48.